The molecule has 0 N–H and O–H groups in total. The second-order valence-electron chi connectivity index (χ2n) is 2.40. The molecule has 4 heteroatoms. The summed E-state index contributed by atoms with van der Waals surface area (Å²) in [5.41, 5.74) is 0.505. The molecule has 0 spiro atoms. The van der Waals surface area contributed by atoms with Crippen molar-refractivity contribution in [3.63, 3.8) is 0 Å². The van der Waals surface area contributed by atoms with E-state index >= 15 is 0 Å². The number of thiazole rings is 1. The molecule has 0 aliphatic rings. The summed E-state index contributed by atoms with van der Waals surface area (Å²) in [6, 6.07) is 2.00. The molecule has 62 valence electrons. The number of ketones is 1. The van der Waals surface area contributed by atoms with Gasteiger partial charge in [0.15, 0.2) is 5.78 Å². The third kappa shape index (κ3) is 1.69. The quantitative estimate of drug-likeness (QED) is 0.651. The fraction of sp³-hybridized carbons (Fsp3) is 0.375. The highest BCUT2D eigenvalue weighted by Gasteiger charge is 2.10. The normalized spacial score (nSPS) is 9.42. The number of nitrogens with zero attached hydrogens (tertiary/aromatic N) is 2. The minimum atomic E-state index is -0.0343. The van der Waals surface area contributed by atoms with Crippen molar-refractivity contribution in [3.8, 4) is 6.07 Å². The highest BCUT2D eigenvalue weighted by molar-refractivity contribution is 7.11. The fourth-order valence-corrected chi connectivity index (χ4v) is 1.83. The predicted octanol–water partition coefficient (Wildman–Crippen LogP) is 1.72. The van der Waals surface area contributed by atoms with E-state index in [9.17, 15) is 4.79 Å². The second-order valence-corrected chi connectivity index (χ2v) is 3.69. The van der Waals surface area contributed by atoms with E-state index in [0.29, 0.717) is 12.1 Å². The average molecular weight is 180 g/mol. The van der Waals surface area contributed by atoms with E-state index < -0.39 is 0 Å². The first kappa shape index (κ1) is 8.88. The van der Waals surface area contributed by atoms with Crippen molar-refractivity contribution < 1.29 is 4.79 Å². The first-order chi connectivity index (χ1) is 5.65. The summed E-state index contributed by atoms with van der Waals surface area (Å²) in [6.07, 6.45) is 0.290. The van der Waals surface area contributed by atoms with E-state index in [1.165, 1.54) is 18.3 Å². The topological polar surface area (TPSA) is 53.8 Å². The summed E-state index contributed by atoms with van der Waals surface area (Å²) in [5.74, 6) is -0.0343. The van der Waals surface area contributed by atoms with Crippen molar-refractivity contribution in [1.29, 1.82) is 5.26 Å². The Morgan fingerprint density at radius 3 is 2.83 bits per heavy atom. The van der Waals surface area contributed by atoms with Crippen molar-refractivity contribution in [1.82, 2.24) is 4.98 Å². The van der Waals surface area contributed by atoms with Gasteiger partial charge in [-0.1, -0.05) is 0 Å². The second kappa shape index (κ2) is 3.46. The van der Waals surface area contributed by atoms with Gasteiger partial charge in [-0.3, -0.25) is 4.79 Å². The van der Waals surface area contributed by atoms with Crippen LogP contribution in [0.1, 0.15) is 27.3 Å². The van der Waals surface area contributed by atoms with Gasteiger partial charge >= 0.3 is 0 Å². The van der Waals surface area contributed by atoms with Crippen LogP contribution in [-0.4, -0.2) is 10.8 Å². The third-order valence-corrected chi connectivity index (χ3v) is 2.38. The molecule has 0 unspecified atom stereocenters. The molecule has 1 rings (SSSR count). The Kier molecular flexibility index (Phi) is 2.56. The van der Waals surface area contributed by atoms with Crippen molar-refractivity contribution in [2.75, 3.05) is 0 Å². The van der Waals surface area contributed by atoms with Crippen LogP contribution >= 0.6 is 11.3 Å². The van der Waals surface area contributed by atoms with Gasteiger partial charge in [-0.2, -0.15) is 5.26 Å². The van der Waals surface area contributed by atoms with Crippen LogP contribution in [-0.2, 0) is 6.42 Å². The molecule has 1 aromatic rings. The van der Waals surface area contributed by atoms with E-state index in [0.717, 1.165) is 9.88 Å². The molecular weight excluding hydrogens is 172 g/mol. The molecule has 1 heterocycles. The molecule has 0 bridgehead atoms. The predicted molar refractivity (Wildman–Crippen MR) is 46.2 cm³/mol. The molecule has 0 saturated heterocycles. The number of carbonyl (C=O) groups is 1. The summed E-state index contributed by atoms with van der Waals surface area (Å²) in [6.45, 7) is 3.33. The Bertz CT molecular complexity index is 348. The van der Waals surface area contributed by atoms with Gasteiger partial charge in [0.2, 0.25) is 0 Å². The van der Waals surface area contributed by atoms with Crippen molar-refractivity contribution in [3.05, 3.63) is 15.6 Å². The number of aryl methyl sites for hydroxylation is 1. The highest BCUT2D eigenvalue weighted by Crippen LogP contribution is 2.17. The third-order valence-electron chi connectivity index (χ3n) is 1.40. The van der Waals surface area contributed by atoms with Crippen LogP contribution in [0, 0.1) is 18.3 Å². The number of hydrogen-bond donors (Lipinski definition) is 0. The zero-order chi connectivity index (χ0) is 9.14. The number of nitriles is 1. The van der Waals surface area contributed by atoms with Crippen LogP contribution < -0.4 is 0 Å². The van der Waals surface area contributed by atoms with Crippen LogP contribution in [0.4, 0.5) is 0 Å². The molecule has 0 aliphatic carbocycles. The Morgan fingerprint density at radius 1 is 1.75 bits per heavy atom. The molecule has 12 heavy (non-hydrogen) atoms. The van der Waals surface area contributed by atoms with Gasteiger partial charge < -0.3 is 0 Å². The smallest absolute Gasteiger partial charge is 0.179 e. The van der Waals surface area contributed by atoms with Gasteiger partial charge in [-0.05, 0) is 6.92 Å². The van der Waals surface area contributed by atoms with Crippen LogP contribution in [0.3, 0.4) is 0 Å². The van der Waals surface area contributed by atoms with Gasteiger partial charge in [0.1, 0.15) is 10.7 Å². The maximum Gasteiger partial charge on any atom is 0.179 e. The Labute approximate surface area is 74.7 Å². The highest BCUT2D eigenvalue weighted by atomic mass is 32.1. The van der Waals surface area contributed by atoms with E-state index in [4.69, 9.17) is 5.26 Å². The molecule has 0 aliphatic heterocycles. The first-order valence-corrected chi connectivity index (χ1v) is 4.31. The Balaban J connectivity index is 3.02. The Morgan fingerprint density at radius 2 is 2.42 bits per heavy atom. The molecule has 0 radical (unpaired) electrons. The largest absolute Gasteiger partial charge is 0.293 e. The average Bonchev–Trinajstić information content (AvgIpc) is 2.32. The van der Waals surface area contributed by atoms with E-state index in [2.05, 4.69) is 4.98 Å². The molecule has 0 amide bonds. The number of hydrogen-bond acceptors (Lipinski definition) is 4. The SMILES string of the molecule is CC(=O)c1nc(CC#N)sc1C. The molecule has 0 aromatic carbocycles. The van der Waals surface area contributed by atoms with Gasteiger partial charge in [-0.15, -0.1) is 11.3 Å². The van der Waals surface area contributed by atoms with Crippen LogP contribution in [0.5, 0.6) is 0 Å². The van der Waals surface area contributed by atoms with Gasteiger partial charge in [-0.25, -0.2) is 4.98 Å². The lowest BCUT2D eigenvalue weighted by Gasteiger charge is -1.86. The van der Waals surface area contributed by atoms with Gasteiger partial charge in [0.05, 0.1) is 12.5 Å². The molecule has 0 atom stereocenters. The van der Waals surface area contributed by atoms with Gasteiger partial charge in [0, 0.05) is 11.8 Å². The molecule has 0 fully saturated rings. The summed E-state index contributed by atoms with van der Waals surface area (Å²) in [4.78, 5) is 15.9. The monoisotopic (exact) mass is 180 g/mol. The van der Waals surface area contributed by atoms with Crippen LogP contribution in [0.2, 0.25) is 0 Å². The lowest BCUT2D eigenvalue weighted by Crippen LogP contribution is -1.94. The minimum absolute atomic E-state index is 0.0343. The standard InChI is InChI=1S/C8H8N2OS/c1-5(11)8-6(2)12-7(10-8)3-4-9/h3H2,1-2H3. The van der Waals surface area contributed by atoms with Crippen molar-refractivity contribution in [2.45, 2.75) is 20.3 Å². The van der Waals surface area contributed by atoms with Crippen LogP contribution in [0.15, 0.2) is 0 Å². The Hall–Kier alpha value is -1.21. The van der Waals surface area contributed by atoms with E-state index in [1.807, 2.05) is 13.0 Å². The number of aromatic nitrogens is 1. The molecule has 0 saturated carbocycles. The zero-order valence-electron chi connectivity index (χ0n) is 6.92. The molecule has 1 aromatic heterocycles. The van der Waals surface area contributed by atoms with Gasteiger partial charge in [0.25, 0.3) is 0 Å². The summed E-state index contributed by atoms with van der Waals surface area (Å²) >= 11 is 1.41. The minimum Gasteiger partial charge on any atom is -0.293 e. The maximum atomic E-state index is 10.9. The lowest BCUT2D eigenvalue weighted by atomic mass is 10.3. The summed E-state index contributed by atoms with van der Waals surface area (Å²) < 4.78 is 0. The van der Waals surface area contributed by atoms with Crippen molar-refractivity contribution >= 4 is 17.1 Å². The number of Topliss-reactive ketones (excluding diaryl/α,β-unsaturated/α-hetero) is 1. The van der Waals surface area contributed by atoms with Crippen LogP contribution in [0.25, 0.3) is 0 Å². The molecule has 3 nitrogen and oxygen atoms in total. The van der Waals surface area contributed by atoms with E-state index in [1.54, 1.807) is 0 Å². The lowest BCUT2D eigenvalue weighted by molar-refractivity contribution is 0.101. The number of carbonyl (C=O) groups excluding carboxylic acids is 1. The van der Waals surface area contributed by atoms with Crippen molar-refractivity contribution in [2.24, 2.45) is 0 Å². The fourth-order valence-electron chi connectivity index (χ4n) is 0.921. The van der Waals surface area contributed by atoms with E-state index in [-0.39, 0.29) is 5.78 Å². The maximum absolute atomic E-state index is 10.9. The zero-order valence-corrected chi connectivity index (χ0v) is 7.73. The number of rotatable bonds is 2. The first-order valence-electron chi connectivity index (χ1n) is 3.49. The summed E-state index contributed by atoms with van der Waals surface area (Å²) in [5, 5.41) is 9.11. The molecular formula is C8H8N2OS. The summed E-state index contributed by atoms with van der Waals surface area (Å²) in [7, 11) is 0.